The monoisotopic (exact) mass is 400 g/mol. The third-order valence-corrected chi connectivity index (χ3v) is 7.07. The molecule has 1 fully saturated rings. The fraction of sp³-hybridized carbons (Fsp3) is 0.400. The fourth-order valence-corrected chi connectivity index (χ4v) is 5.17. The summed E-state index contributed by atoms with van der Waals surface area (Å²) >= 11 is 7.02. The van der Waals surface area contributed by atoms with E-state index in [-0.39, 0.29) is 16.8 Å². The number of aromatic nitrogens is 2. The molecule has 7 nitrogen and oxygen atoms in total. The van der Waals surface area contributed by atoms with Crippen molar-refractivity contribution in [1.82, 2.24) is 14.5 Å². The maximum absolute atomic E-state index is 12.3. The maximum atomic E-state index is 12.3. The lowest BCUT2D eigenvalue weighted by molar-refractivity contribution is 0.102. The highest BCUT2D eigenvalue weighted by Crippen LogP contribution is 2.35. The van der Waals surface area contributed by atoms with Gasteiger partial charge in [-0.15, -0.1) is 10.2 Å². The van der Waals surface area contributed by atoms with E-state index in [9.17, 15) is 13.2 Å². The minimum Gasteiger partial charge on any atom is -0.320 e. The molecule has 0 aliphatic carbocycles. The second-order valence-electron chi connectivity index (χ2n) is 5.58. The SMILES string of the molecule is CCS(=O)(=O)N1CCC[C@H]1c1nnc(C(=O)Nc2cccc(Cl)c2)s1. The lowest BCUT2D eigenvalue weighted by Crippen LogP contribution is -2.31. The molecule has 1 aliphatic heterocycles. The lowest BCUT2D eigenvalue weighted by Gasteiger charge is -2.21. The molecule has 2 aromatic rings. The molecular weight excluding hydrogens is 384 g/mol. The van der Waals surface area contributed by atoms with Crippen LogP contribution in [-0.4, -0.2) is 41.1 Å². The third-order valence-electron chi connectivity index (χ3n) is 3.93. The first-order valence-corrected chi connectivity index (χ1v) is 10.6. The number of hydrogen-bond acceptors (Lipinski definition) is 6. The molecule has 0 saturated carbocycles. The highest BCUT2D eigenvalue weighted by molar-refractivity contribution is 7.89. The quantitative estimate of drug-likeness (QED) is 0.832. The average Bonchev–Trinajstić information content (AvgIpc) is 3.24. The molecule has 1 aromatic carbocycles. The van der Waals surface area contributed by atoms with Crippen molar-refractivity contribution < 1.29 is 13.2 Å². The minimum atomic E-state index is -3.30. The molecule has 2 heterocycles. The molecule has 0 radical (unpaired) electrons. The van der Waals surface area contributed by atoms with Crippen LogP contribution in [0.25, 0.3) is 0 Å². The zero-order chi connectivity index (χ0) is 18.0. The average molecular weight is 401 g/mol. The smallest absolute Gasteiger partial charge is 0.286 e. The molecule has 10 heteroatoms. The Labute approximate surface area is 155 Å². The van der Waals surface area contributed by atoms with E-state index in [2.05, 4.69) is 15.5 Å². The van der Waals surface area contributed by atoms with Crippen LogP contribution in [0.2, 0.25) is 5.02 Å². The second-order valence-corrected chi connectivity index (χ2v) is 9.23. The van der Waals surface area contributed by atoms with E-state index in [1.54, 1.807) is 31.2 Å². The molecule has 1 saturated heterocycles. The van der Waals surface area contributed by atoms with E-state index < -0.39 is 15.9 Å². The summed E-state index contributed by atoms with van der Waals surface area (Å²) in [5, 5.41) is 11.9. The Morgan fingerprint density at radius 3 is 2.96 bits per heavy atom. The standard InChI is InChI=1S/C15H17ClN4O3S2/c1-2-25(22,23)20-8-4-7-12(20)14-18-19-15(24-14)13(21)17-11-6-3-5-10(16)9-11/h3,5-6,9,12H,2,4,7-8H2,1H3,(H,17,21)/t12-/m0/s1. The second kappa shape index (κ2) is 7.36. The number of carbonyl (C=O) groups is 1. The van der Waals surface area contributed by atoms with Gasteiger partial charge in [-0.3, -0.25) is 4.79 Å². The number of amides is 1. The molecule has 0 spiro atoms. The van der Waals surface area contributed by atoms with Crippen molar-refractivity contribution in [3.63, 3.8) is 0 Å². The van der Waals surface area contributed by atoms with Gasteiger partial charge in [-0.05, 0) is 38.0 Å². The van der Waals surface area contributed by atoms with E-state index in [1.165, 1.54) is 4.31 Å². The molecule has 1 aliphatic rings. The molecule has 25 heavy (non-hydrogen) atoms. The third kappa shape index (κ3) is 4.00. The summed E-state index contributed by atoms with van der Waals surface area (Å²) in [7, 11) is -3.30. The normalized spacial score (nSPS) is 18.4. The van der Waals surface area contributed by atoms with Crippen LogP contribution in [0.1, 0.15) is 40.6 Å². The molecule has 0 unspecified atom stereocenters. The van der Waals surface area contributed by atoms with Gasteiger partial charge < -0.3 is 5.32 Å². The van der Waals surface area contributed by atoms with Crippen LogP contribution < -0.4 is 5.32 Å². The molecular formula is C15H17ClN4O3S2. The maximum Gasteiger partial charge on any atom is 0.286 e. The number of benzene rings is 1. The van der Waals surface area contributed by atoms with Crippen molar-refractivity contribution in [3.05, 3.63) is 39.3 Å². The van der Waals surface area contributed by atoms with E-state index in [0.717, 1.165) is 17.8 Å². The first-order chi connectivity index (χ1) is 11.9. The number of halogens is 1. The van der Waals surface area contributed by atoms with Crippen molar-refractivity contribution in [2.24, 2.45) is 0 Å². The van der Waals surface area contributed by atoms with E-state index in [4.69, 9.17) is 11.6 Å². The Morgan fingerprint density at radius 1 is 1.44 bits per heavy atom. The predicted molar refractivity (Wildman–Crippen MR) is 97.5 cm³/mol. The van der Waals surface area contributed by atoms with Crippen LogP contribution in [0.4, 0.5) is 5.69 Å². The highest BCUT2D eigenvalue weighted by Gasteiger charge is 2.36. The van der Waals surface area contributed by atoms with Gasteiger partial charge in [-0.25, -0.2) is 8.42 Å². The van der Waals surface area contributed by atoms with Gasteiger partial charge in [-0.1, -0.05) is 29.0 Å². The Balaban J connectivity index is 1.77. The number of sulfonamides is 1. The zero-order valence-corrected chi connectivity index (χ0v) is 15.9. The molecule has 134 valence electrons. The summed E-state index contributed by atoms with van der Waals surface area (Å²) in [5.41, 5.74) is 0.560. The molecule has 1 atom stereocenters. The lowest BCUT2D eigenvalue weighted by atomic mass is 10.2. The summed E-state index contributed by atoms with van der Waals surface area (Å²) in [6.07, 6.45) is 1.46. The van der Waals surface area contributed by atoms with Gasteiger partial charge in [0.25, 0.3) is 5.91 Å². The first kappa shape index (κ1) is 18.2. The summed E-state index contributed by atoms with van der Waals surface area (Å²) in [6, 6.07) is 6.46. The van der Waals surface area contributed by atoms with Crippen LogP contribution in [0.3, 0.4) is 0 Å². The minimum absolute atomic E-state index is 0.0460. The number of rotatable bonds is 5. The zero-order valence-electron chi connectivity index (χ0n) is 13.5. The van der Waals surface area contributed by atoms with Crippen LogP contribution >= 0.6 is 22.9 Å². The fourth-order valence-electron chi connectivity index (χ4n) is 2.70. The Morgan fingerprint density at radius 2 is 2.24 bits per heavy atom. The molecule has 1 N–H and O–H groups in total. The number of nitrogens with zero attached hydrogens (tertiary/aromatic N) is 3. The number of carbonyl (C=O) groups excluding carboxylic acids is 1. The summed E-state index contributed by atoms with van der Waals surface area (Å²) in [6.45, 7) is 2.10. The van der Waals surface area contributed by atoms with Gasteiger partial charge in [-0.2, -0.15) is 4.31 Å². The van der Waals surface area contributed by atoms with Gasteiger partial charge in [0.1, 0.15) is 5.01 Å². The van der Waals surface area contributed by atoms with Crippen molar-refractivity contribution in [3.8, 4) is 0 Å². The number of hydrogen-bond donors (Lipinski definition) is 1. The highest BCUT2D eigenvalue weighted by atomic mass is 35.5. The summed E-state index contributed by atoms with van der Waals surface area (Å²) in [4.78, 5) is 12.3. The van der Waals surface area contributed by atoms with E-state index in [0.29, 0.717) is 28.7 Å². The molecule has 0 bridgehead atoms. The van der Waals surface area contributed by atoms with E-state index >= 15 is 0 Å². The van der Waals surface area contributed by atoms with Crippen LogP contribution in [-0.2, 0) is 10.0 Å². The first-order valence-electron chi connectivity index (χ1n) is 7.80. The molecule has 1 amide bonds. The van der Waals surface area contributed by atoms with E-state index in [1.807, 2.05) is 0 Å². The van der Waals surface area contributed by atoms with Crippen molar-refractivity contribution in [1.29, 1.82) is 0 Å². The van der Waals surface area contributed by atoms with Gasteiger partial charge in [0.15, 0.2) is 0 Å². The molecule has 3 rings (SSSR count). The Bertz CT molecular complexity index is 884. The van der Waals surface area contributed by atoms with Crippen molar-refractivity contribution in [2.75, 3.05) is 17.6 Å². The largest absolute Gasteiger partial charge is 0.320 e. The van der Waals surface area contributed by atoms with Crippen LogP contribution in [0.15, 0.2) is 24.3 Å². The van der Waals surface area contributed by atoms with Crippen molar-refractivity contribution in [2.45, 2.75) is 25.8 Å². The van der Waals surface area contributed by atoms with Gasteiger partial charge in [0, 0.05) is 17.3 Å². The van der Waals surface area contributed by atoms with Gasteiger partial charge in [0.2, 0.25) is 15.0 Å². The van der Waals surface area contributed by atoms with Gasteiger partial charge >= 0.3 is 0 Å². The molecule has 1 aromatic heterocycles. The summed E-state index contributed by atoms with van der Waals surface area (Å²) < 4.78 is 25.8. The topological polar surface area (TPSA) is 92.3 Å². The van der Waals surface area contributed by atoms with Crippen molar-refractivity contribution >= 4 is 44.6 Å². The Kier molecular flexibility index (Phi) is 5.38. The summed E-state index contributed by atoms with van der Waals surface area (Å²) in [5.74, 6) is -0.348. The number of nitrogens with one attached hydrogen (secondary N) is 1. The number of anilines is 1. The Hall–Kier alpha value is -1.55. The van der Waals surface area contributed by atoms with Gasteiger partial charge in [0.05, 0.1) is 11.8 Å². The van der Waals surface area contributed by atoms with Crippen LogP contribution in [0.5, 0.6) is 0 Å². The predicted octanol–water partition coefficient (Wildman–Crippen LogP) is 2.93. The van der Waals surface area contributed by atoms with Crippen LogP contribution in [0, 0.1) is 0 Å².